The van der Waals surface area contributed by atoms with Gasteiger partial charge >= 0.3 is 0 Å². The van der Waals surface area contributed by atoms with Crippen LogP contribution in [0.15, 0.2) is 78.9 Å². The van der Waals surface area contributed by atoms with Crippen molar-refractivity contribution in [3.63, 3.8) is 0 Å². The number of hydrogen-bond donors (Lipinski definition) is 0. The molecule has 142 valence electrons. The monoisotopic (exact) mass is 371 g/mol. The quantitative estimate of drug-likeness (QED) is 0.501. The van der Waals surface area contributed by atoms with Crippen molar-refractivity contribution in [1.29, 1.82) is 0 Å². The lowest BCUT2D eigenvalue weighted by molar-refractivity contribution is 0.365. The molecule has 2 heteroatoms. The Balaban J connectivity index is 1.59. The van der Waals surface area contributed by atoms with Crippen LogP contribution in [0.2, 0.25) is 0 Å². The van der Waals surface area contributed by atoms with Crippen LogP contribution < -0.4 is 0 Å². The van der Waals surface area contributed by atoms with Crippen molar-refractivity contribution in [2.45, 2.75) is 25.8 Å². The van der Waals surface area contributed by atoms with E-state index >= 15 is 0 Å². The first kappa shape index (κ1) is 19.9. The number of hydrogen-bond acceptors (Lipinski definition) is 1. The Hall–Kier alpha value is -2.89. The number of fused-ring (bicyclic) bond motifs is 1. The molecule has 0 radical (unpaired) electrons. The van der Waals surface area contributed by atoms with Gasteiger partial charge in [0.1, 0.15) is 5.82 Å². The minimum atomic E-state index is -0.313. The number of likely N-dealkylation sites (N-methyl/N-ethyl adjacent to an activating group) is 1. The molecule has 0 atom stereocenters. The third kappa shape index (κ3) is 5.09. The molecule has 0 saturated carbocycles. The fourth-order valence-electron chi connectivity index (χ4n) is 3.24. The fourth-order valence-corrected chi connectivity index (χ4v) is 3.24. The Labute approximate surface area is 167 Å². The van der Waals surface area contributed by atoms with Gasteiger partial charge in [-0.25, -0.2) is 4.39 Å². The summed E-state index contributed by atoms with van der Waals surface area (Å²) in [4.78, 5) is 2.27. The molecular formula is C26H26FN. The topological polar surface area (TPSA) is 3.24 Å². The predicted molar refractivity (Wildman–Crippen MR) is 117 cm³/mol. The summed E-state index contributed by atoms with van der Waals surface area (Å²) < 4.78 is 13.1. The van der Waals surface area contributed by atoms with Crippen LogP contribution in [0.4, 0.5) is 4.39 Å². The fraction of sp³-hybridized carbons (Fsp3) is 0.231. The molecule has 0 spiro atoms. The number of allylic oxidation sites excluding steroid dienone is 1. The molecule has 3 aromatic carbocycles. The van der Waals surface area contributed by atoms with Gasteiger partial charge < -0.3 is 0 Å². The van der Waals surface area contributed by atoms with E-state index in [2.05, 4.69) is 72.3 Å². The summed E-state index contributed by atoms with van der Waals surface area (Å²) in [5.41, 5.74) is 2.03. The smallest absolute Gasteiger partial charge is 0.123 e. The molecule has 0 aliphatic carbocycles. The maximum atomic E-state index is 13.1. The van der Waals surface area contributed by atoms with Crippen molar-refractivity contribution < 1.29 is 4.39 Å². The van der Waals surface area contributed by atoms with E-state index in [0.29, 0.717) is 0 Å². The second-order valence-electron chi connectivity index (χ2n) is 7.64. The van der Waals surface area contributed by atoms with Gasteiger partial charge in [-0.3, -0.25) is 4.90 Å². The number of halogens is 1. The third-order valence-corrected chi connectivity index (χ3v) is 4.89. The summed E-state index contributed by atoms with van der Waals surface area (Å²) >= 11 is 0. The van der Waals surface area contributed by atoms with Crippen molar-refractivity contribution in [3.8, 4) is 11.8 Å². The summed E-state index contributed by atoms with van der Waals surface area (Å²) in [6, 6.07) is 21.5. The Morgan fingerprint density at radius 3 is 2.46 bits per heavy atom. The molecule has 1 nitrogen and oxygen atoms in total. The molecule has 0 heterocycles. The maximum Gasteiger partial charge on any atom is 0.123 e. The highest BCUT2D eigenvalue weighted by molar-refractivity contribution is 5.85. The van der Waals surface area contributed by atoms with E-state index in [0.717, 1.165) is 18.7 Å². The first-order valence-corrected chi connectivity index (χ1v) is 9.55. The average Bonchev–Trinajstić information content (AvgIpc) is 2.68. The van der Waals surface area contributed by atoms with E-state index in [1.165, 1.54) is 28.5 Å². The SMILES string of the molecule is CN(CC=CC#CC(C)(C)c1ccc(F)cc1)Cc1cccc2ccccc12. The van der Waals surface area contributed by atoms with Gasteiger partial charge in [-0.15, -0.1) is 0 Å². The van der Waals surface area contributed by atoms with Crippen molar-refractivity contribution in [1.82, 2.24) is 4.90 Å². The van der Waals surface area contributed by atoms with E-state index in [9.17, 15) is 4.39 Å². The van der Waals surface area contributed by atoms with Crippen LogP contribution in [0, 0.1) is 17.7 Å². The first-order valence-electron chi connectivity index (χ1n) is 9.55. The van der Waals surface area contributed by atoms with Crippen LogP contribution in [0.5, 0.6) is 0 Å². The molecule has 28 heavy (non-hydrogen) atoms. The minimum absolute atomic E-state index is 0.221. The van der Waals surface area contributed by atoms with Gasteiger partial charge in [0.05, 0.1) is 5.41 Å². The Morgan fingerprint density at radius 1 is 0.964 bits per heavy atom. The minimum Gasteiger partial charge on any atom is -0.298 e. The second-order valence-corrected chi connectivity index (χ2v) is 7.64. The normalized spacial score (nSPS) is 11.8. The molecule has 0 aromatic heterocycles. The van der Waals surface area contributed by atoms with Gasteiger partial charge in [0.15, 0.2) is 0 Å². The van der Waals surface area contributed by atoms with Crippen LogP contribution in [-0.4, -0.2) is 18.5 Å². The molecule has 0 amide bonds. The standard InChI is InChI=1S/C26H26FN/c1-26(2,23-14-16-24(27)17-15-23)18-7-4-8-19-28(3)20-22-12-9-11-21-10-5-6-13-25(21)22/h4-6,8-17H,19-20H2,1-3H3. The summed E-state index contributed by atoms with van der Waals surface area (Å²) in [6.07, 6.45) is 3.99. The van der Waals surface area contributed by atoms with Crippen LogP contribution in [0.1, 0.15) is 25.0 Å². The van der Waals surface area contributed by atoms with Crippen LogP contribution >= 0.6 is 0 Å². The molecular weight excluding hydrogens is 345 g/mol. The predicted octanol–water partition coefficient (Wildman–Crippen LogP) is 5.95. The van der Waals surface area contributed by atoms with E-state index in [-0.39, 0.29) is 11.2 Å². The Morgan fingerprint density at radius 2 is 1.68 bits per heavy atom. The van der Waals surface area contributed by atoms with Crippen molar-refractivity contribution >= 4 is 10.8 Å². The zero-order valence-electron chi connectivity index (χ0n) is 16.7. The first-order chi connectivity index (χ1) is 13.5. The van der Waals surface area contributed by atoms with Crippen LogP contribution in [0.25, 0.3) is 10.8 Å². The van der Waals surface area contributed by atoms with E-state index < -0.39 is 0 Å². The highest BCUT2D eigenvalue weighted by atomic mass is 19.1. The largest absolute Gasteiger partial charge is 0.298 e. The van der Waals surface area contributed by atoms with Gasteiger partial charge in [0.2, 0.25) is 0 Å². The molecule has 3 aromatic rings. The Kier molecular flexibility index (Phi) is 6.29. The molecule has 0 unspecified atom stereocenters. The lowest BCUT2D eigenvalue weighted by atomic mass is 9.85. The van der Waals surface area contributed by atoms with Crippen molar-refractivity contribution in [2.75, 3.05) is 13.6 Å². The van der Waals surface area contributed by atoms with E-state index in [1.54, 1.807) is 12.1 Å². The summed E-state index contributed by atoms with van der Waals surface area (Å²) in [6.45, 7) is 5.82. The van der Waals surface area contributed by atoms with Gasteiger partial charge in [-0.05, 0) is 61.0 Å². The Bertz CT molecular complexity index is 1010. The third-order valence-electron chi connectivity index (χ3n) is 4.89. The number of rotatable bonds is 5. The van der Waals surface area contributed by atoms with Gasteiger partial charge in [-0.1, -0.05) is 72.5 Å². The number of benzene rings is 3. The lowest BCUT2D eigenvalue weighted by Gasteiger charge is -2.17. The average molecular weight is 371 g/mol. The molecule has 0 aliphatic heterocycles. The maximum absolute atomic E-state index is 13.1. The highest BCUT2D eigenvalue weighted by Gasteiger charge is 2.16. The van der Waals surface area contributed by atoms with Gasteiger partial charge in [0.25, 0.3) is 0 Å². The van der Waals surface area contributed by atoms with E-state index in [4.69, 9.17) is 0 Å². The zero-order chi connectivity index (χ0) is 20.0. The zero-order valence-corrected chi connectivity index (χ0v) is 16.7. The van der Waals surface area contributed by atoms with Gasteiger partial charge in [0, 0.05) is 13.1 Å². The lowest BCUT2D eigenvalue weighted by Crippen LogP contribution is -2.17. The molecule has 0 fully saturated rings. The summed E-state index contributed by atoms with van der Waals surface area (Å²) in [5.74, 6) is 6.18. The number of nitrogens with zero attached hydrogens (tertiary/aromatic N) is 1. The second kappa shape index (κ2) is 8.87. The van der Waals surface area contributed by atoms with Crippen LogP contribution in [-0.2, 0) is 12.0 Å². The molecule has 3 rings (SSSR count). The highest BCUT2D eigenvalue weighted by Crippen LogP contribution is 2.22. The van der Waals surface area contributed by atoms with E-state index in [1.807, 2.05) is 19.9 Å². The molecule has 0 N–H and O–H groups in total. The molecule has 0 bridgehead atoms. The van der Waals surface area contributed by atoms with Crippen LogP contribution in [0.3, 0.4) is 0 Å². The van der Waals surface area contributed by atoms with Crippen molar-refractivity contribution in [2.24, 2.45) is 0 Å². The van der Waals surface area contributed by atoms with Gasteiger partial charge in [-0.2, -0.15) is 0 Å². The summed E-state index contributed by atoms with van der Waals surface area (Å²) in [5, 5.41) is 2.58. The molecule has 0 saturated heterocycles. The van der Waals surface area contributed by atoms with Crippen molar-refractivity contribution in [3.05, 3.63) is 95.8 Å². The molecule has 0 aliphatic rings. The summed E-state index contributed by atoms with van der Waals surface area (Å²) in [7, 11) is 2.11.